The number of hydrogen-bond donors (Lipinski definition) is 1. The molecule has 0 spiro atoms. The molecule has 1 aromatic carbocycles. The molecule has 0 atom stereocenters. The molecule has 0 unspecified atom stereocenters. The zero-order valence-corrected chi connectivity index (χ0v) is 10.7. The molecule has 0 aliphatic heterocycles. The number of rotatable bonds is 4. The van der Waals surface area contributed by atoms with Gasteiger partial charge in [-0.3, -0.25) is 0 Å². The Morgan fingerprint density at radius 2 is 1.78 bits per heavy atom. The maximum Gasteiger partial charge on any atom is 0.169 e. The van der Waals surface area contributed by atoms with Crippen LogP contribution >= 0.6 is 0 Å². The van der Waals surface area contributed by atoms with Gasteiger partial charge in [0.15, 0.2) is 18.9 Å². The normalized spacial score (nSPS) is 11.0. The fourth-order valence-corrected chi connectivity index (χ4v) is 1.84. The molecular formula is C16H19N2+. The lowest BCUT2D eigenvalue weighted by Gasteiger charge is -1.97. The first kappa shape index (κ1) is 12.5. The number of pyridine rings is 1. The van der Waals surface area contributed by atoms with Gasteiger partial charge in [0.25, 0.3) is 0 Å². The molecule has 2 rings (SSSR count). The van der Waals surface area contributed by atoms with E-state index in [1.807, 2.05) is 0 Å². The number of aromatic nitrogens is 1. The van der Waals surface area contributed by atoms with Crippen molar-refractivity contribution in [3.05, 3.63) is 65.5 Å². The van der Waals surface area contributed by atoms with E-state index < -0.39 is 0 Å². The van der Waals surface area contributed by atoms with E-state index >= 15 is 0 Å². The van der Waals surface area contributed by atoms with Crippen LogP contribution in [-0.4, -0.2) is 6.54 Å². The number of nitrogens with two attached hydrogens (primary N) is 1. The van der Waals surface area contributed by atoms with E-state index in [4.69, 9.17) is 5.73 Å². The first-order valence-electron chi connectivity index (χ1n) is 6.22. The summed E-state index contributed by atoms with van der Waals surface area (Å²) >= 11 is 0. The third kappa shape index (κ3) is 3.54. The Morgan fingerprint density at radius 1 is 1.06 bits per heavy atom. The van der Waals surface area contributed by atoms with Gasteiger partial charge in [0.05, 0.1) is 6.54 Å². The number of aryl methyl sites for hydroxylation is 1. The summed E-state index contributed by atoms with van der Waals surface area (Å²) in [6.45, 7) is 3.64. The second-order valence-corrected chi connectivity index (χ2v) is 4.41. The van der Waals surface area contributed by atoms with E-state index in [2.05, 4.69) is 72.4 Å². The van der Waals surface area contributed by atoms with Gasteiger partial charge in [-0.05, 0) is 18.1 Å². The molecule has 0 fully saturated rings. The van der Waals surface area contributed by atoms with Crippen LogP contribution in [0.5, 0.6) is 0 Å². The molecule has 0 radical (unpaired) electrons. The average Bonchev–Trinajstić information content (AvgIpc) is 2.38. The smallest absolute Gasteiger partial charge is 0.169 e. The van der Waals surface area contributed by atoms with Crippen LogP contribution < -0.4 is 10.3 Å². The fraction of sp³-hybridized carbons (Fsp3) is 0.188. The lowest BCUT2D eigenvalue weighted by atomic mass is 10.1. The fourth-order valence-electron chi connectivity index (χ4n) is 1.84. The van der Waals surface area contributed by atoms with Gasteiger partial charge in [-0.2, -0.15) is 0 Å². The molecule has 0 amide bonds. The molecule has 0 aliphatic carbocycles. The van der Waals surface area contributed by atoms with E-state index in [0.717, 1.165) is 6.54 Å². The van der Waals surface area contributed by atoms with E-state index in [9.17, 15) is 0 Å². The van der Waals surface area contributed by atoms with Gasteiger partial charge in [-0.15, -0.1) is 0 Å². The molecule has 0 saturated carbocycles. The van der Waals surface area contributed by atoms with Gasteiger partial charge < -0.3 is 5.73 Å². The van der Waals surface area contributed by atoms with Crippen molar-refractivity contribution in [2.24, 2.45) is 5.73 Å². The van der Waals surface area contributed by atoms with Crippen molar-refractivity contribution in [2.75, 3.05) is 6.54 Å². The lowest BCUT2D eigenvalue weighted by Crippen LogP contribution is -2.36. The standard InChI is InChI=1S/C16H19N2/c1-14-3-2-4-16(13-14)6-5-15-7-10-18(11-8-15)12-9-17/h2-8,10-11,13H,9,12,17H2,1H3/q+1/b6-5+. The van der Waals surface area contributed by atoms with E-state index in [1.54, 1.807) is 0 Å². The van der Waals surface area contributed by atoms with E-state index in [-0.39, 0.29) is 0 Å². The molecule has 18 heavy (non-hydrogen) atoms. The summed E-state index contributed by atoms with van der Waals surface area (Å²) in [5, 5.41) is 0. The third-order valence-electron chi connectivity index (χ3n) is 2.81. The molecule has 1 aromatic heterocycles. The van der Waals surface area contributed by atoms with Crippen LogP contribution in [0.2, 0.25) is 0 Å². The van der Waals surface area contributed by atoms with Crippen LogP contribution in [0.3, 0.4) is 0 Å². The highest BCUT2D eigenvalue weighted by Crippen LogP contribution is 2.08. The average molecular weight is 239 g/mol. The maximum atomic E-state index is 5.51. The Bertz CT molecular complexity index is 527. The van der Waals surface area contributed by atoms with E-state index in [0.29, 0.717) is 6.54 Å². The molecule has 92 valence electrons. The van der Waals surface area contributed by atoms with Gasteiger partial charge >= 0.3 is 0 Å². The third-order valence-corrected chi connectivity index (χ3v) is 2.81. The second-order valence-electron chi connectivity index (χ2n) is 4.41. The predicted octanol–water partition coefficient (Wildman–Crippen LogP) is 2.41. The van der Waals surface area contributed by atoms with Gasteiger partial charge in [-0.1, -0.05) is 42.0 Å². The summed E-state index contributed by atoms with van der Waals surface area (Å²) in [6.07, 6.45) is 8.38. The molecule has 0 saturated heterocycles. The largest absolute Gasteiger partial charge is 0.325 e. The lowest BCUT2D eigenvalue weighted by molar-refractivity contribution is -0.694. The summed E-state index contributed by atoms with van der Waals surface area (Å²) in [5.41, 5.74) is 9.23. The van der Waals surface area contributed by atoms with Crippen molar-refractivity contribution in [1.82, 2.24) is 0 Å². The Labute approximate surface area is 108 Å². The van der Waals surface area contributed by atoms with Crippen molar-refractivity contribution in [3.8, 4) is 0 Å². The molecule has 0 aliphatic rings. The number of nitrogens with zero attached hydrogens (tertiary/aromatic N) is 1. The van der Waals surface area contributed by atoms with Crippen LogP contribution in [0.25, 0.3) is 12.2 Å². The SMILES string of the molecule is Cc1cccc(/C=C/c2cc[n+](CCN)cc2)c1. The van der Waals surface area contributed by atoms with Crippen molar-refractivity contribution >= 4 is 12.2 Å². The molecule has 2 heteroatoms. The van der Waals surface area contributed by atoms with Gasteiger partial charge in [0, 0.05) is 12.1 Å². The minimum atomic E-state index is 0.670. The molecule has 2 nitrogen and oxygen atoms in total. The van der Waals surface area contributed by atoms with Gasteiger partial charge in [0.1, 0.15) is 0 Å². The first-order chi connectivity index (χ1) is 8.78. The molecular weight excluding hydrogens is 220 g/mol. The molecule has 2 aromatic rings. The van der Waals surface area contributed by atoms with E-state index in [1.165, 1.54) is 16.7 Å². The molecule has 0 bridgehead atoms. The number of hydrogen-bond acceptors (Lipinski definition) is 1. The van der Waals surface area contributed by atoms with Crippen molar-refractivity contribution in [2.45, 2.75) is 13.5 Å². The summed E-state index contributed by atoms with van der Waals surface area (Å²) in [6, 6.07) is 12.7. The van der Waals surface area contributed by atoms with Crippen molar-refractivity contribution in [3.63, 3.8) is 0 Å². The Kier molecular flexibility index (Phi) is 4.26. The minimum Gasteiger partial charge on any atom is -0.325 e. The predicted molar refractivity (Wildman–Crippen MR) is 75.8 cm³/mol. The summed E-state index contributed by atoms with van der Waals surface area (Å²) < 4.78 is 2.09. The highest BCUT2D eigenvalue weighted by atomic mass is 14.9. The Hall–Kier alpha value is -1.93. The number of benzene rings is 1. The second kappa shape index (κ2) is 6.12. The quantitative estimate of drug-likeness (QED) is 0.816. The van der Waals surface area contributed by atoms with Crippen molar-refractivity contribution < 1.29 is 4.57 Å². The highest BCUT2D eigenvalue weighted by Gasteiger charge is 1.96. The summed E-state index contributed by atoms with van der Waals surface area (Å²) in [7, 11) is 0. The summed E-state index contributed by atoms with van der Waals surface area (Å²) in [5.74, 6) is 0. The Balaban J connectivity index is 2.09. The van der Waals surface area contributed by atoms with Gasteiger partial charge in [-0.25, -0.2) is 4.57 Å². The first-order valence-corrected chi connectivity index (χ1v) is 6.22. The topological polar surface area (TPSA) is 29.9 Å². The zero-order valence-electron chi connectivity index (χ0n) is 10.7. The Morgan fingerprint density at radius 3 is 2.44 bits per heavy atom. The molecule has 2 N–H and O–H groups in total. The van der Waals surface area contributed by atoms with Crippen LogP contribution in [0, 0.1) is 6.92 Å². The molecule has 1 heterocycles. The van der Waals surface area contributed by atoms with Crippen molar-refractivity contribution in [1.29, 1.82) is 0 Å². The van der Waals surface area contributed by atoms with Crippen LogP contribution in [-0.2, 0) is 6.54 Å². The maximum absolute atomic E-state index is 5.51. The zero-order chi connectivity index (χ0) is 12.8. The minimum absolute atomic E-state index is 0.670. The summed E-state index contributed by atoms with van der Waals surface area (Å²) in [4.78, 5) is 0. The van der Waals surface area contributed by atoms with Crippen LogP contribution in [0.15, 0.2) is 48.8 Å². The highest BCUT2D eigenvalue weighted by molar-refractivity contribution is 5.69. The van der Waals surface area contributed by atoms with Gasteiger partial charge in [0.2, 0.25) is 0 Å². The van der Waals surface area contributed by atoms with Crippen LogP contribution in [0.4, 0.5) is 0 Å². The monoisotopic (exact) mass is 239 g/mol. The van der Waals surface area contributed by atoms with Crippen LogP contribution in [0.1, 0.15) is 16.7 Å².